The molecule has 0 saturated heterocycles. The van der Waals surface area contributed by atoms with Gasteiger partial charge in [0.2, 0.25) is 5.91 Å². The van der Waals surface area contributed by atoms with Crippen molar-refractivity contribution < 1.29 is 9.53 Å². The smallest absolute Gasteiger partial charge is 0.221 e. The van der Waals surface area contributed by atoms with E-state index in [2.05, 4.69) is 5.32 Å². The topological polar surface area (TPSA) is 88.1 Å². The molecule has 1 amide bonds. The molecule has 0 spiro atoms. The summed E-state index contributed by atoms with van der Waals surface area (Å²) in [6.07, 6.45) is 0. The second-order valence-electron chi connectivity index (χ2n) is 4.14. The Hall–Kier alpha value is -3.00. The quantitative estimate of drug-likeness (QED) is 0.837. The first kappa shape index (κ1) is 13.4. The highest BCUT2D eigenvalue weighted by atomic mass is 16.5. The highest BCUT2D eigenvalue weighted by Gasteiger charge is 2.08. The van der Waals surface area contributed by atoms with Crippen LogP contribution >= 0.6 is 0 Å². The van der Waals surface area contributed by atoms with Crippen molar-refractivity contribution in [2.75, 3.05) is 11.1 Å². The summed E-state index contributed by atoms with van der Waals surface area (Å²) in [5, 5.41) is 11.5. The maximum absolute atomic E-state index is 11.1. The van der Waals surface area contributed by atoms with Crippen molar-refractivity contribution in [3.05, 3.63) is 48.0 Å². The maximum atomic E-state index is 11.1. The zero-order valence-electron chi connectivity index (χ0n) is 10.9. The van der Waals surface area contributed by atoms with Crippen LogP contribution in [-0.2, 0) is 4.79 Å². The lowest BCUT2D eigenvalue weighted by molar-refractivity contribution is -0.114. The number of nitrogens with two attached hydrogens (primary N) is 1. The van der Waals surface area contributed by atoms with Crippen molar-refractivity contribution in [1.82, 2.24) is 0 Å². The molecule has 2 aromatic rings. The molecule has 2 aromatic carbocycles. The van der Waals surface area contributed by atoms with Crippen LogP contribution in [0.2, 0.25) is 0 Å². The van der Waals surface area contributed by atoms with Gasteiger partial charge in [0.1, 0.15) is 0 Å². The number of nitriles is 1. The van der Waals surface area contributed by atoms with E-state index in [-0.39, 0.29) is 5.91 Å². The molecule has 5 nitrogen and oxygen atoms in total. The molecule has 0 unspecified atom stereocenters. The van der Waals surface area contributed by atoms with Crippen molar-refractivity contribution in [2.24, 2.45) is 0 Å². The minimum absolute atomic E-state index is 0.186. The lowest BCUT2D eigenvalue weighted by Crippen LogP contribution is -2.07. The summed E-state index contributed by atoms with van der Waals surface area (Å²) < 4.78 is 5.69. The molecule has 0 fully saturated rings. The Balaban J connectivity index is 2.31. The Morgan fingerprint density at radius 3 is 2.65 bits per heavy atom. The number of anilines is 2. The fraction of sp³-hybridized carbons (Fsp3) is 0.0667. The summed E-state index contributed by atoms with van der Waals surface area (Å²) in [6.45, 7) is 1.42. The van der Waals surface area contributed by atoms with Crippen molar-refractivity contribution in [2.45, 2.75) is 6.92 Å². The number of nitrogens with zero attached hydrogens (tertiary/aromatic N) is 1. The average Bonchev–Trinajstić information content (AvgIpc) is 2.42. The predicted octanol–water partition coefficient (Wildman–Crippen LogP) is 2.89. The number of para-hydroxylation sites is 2. The highest BCUT2D eigenvalue weighted by molar-refractivity contribution is 5.90. The summed E-state index contributed by atoms with van der Waals surface area (Å²) in [5.41, 5.74) is 7.22. The second kappa shape index (κ2) is 5.76. The maximum Gasteiger partial charge on any atom is 0.221 e. The van der Waals surface area contributed by atoms with Crippen molar-refractivity contribution in [3.8, 4) is 17.6 Å². The van der Waals surface area contributed by atoms with Gasteiger partial charge in [-0.1, -0.05) is 12.1 Å². The van der Waals surface area contributed by atoms with E-state index in [0.717, 1.165) is 0 Å². The first-order chi connectivity index (χ1) is 9.60. The Morgan fingerprint density at radius 2 is 2.00 bits per heavy atom. The third-order valence-electron chi connectivity index (χ3n) is 2.56. The van der Waals surface area contributed by atoms with Gasteiger partial charge in [0, 0.05) is 6.92 Å². The Kier molecular flexibility index (Phi) is 3.87. The van der Waals surface area contributed by atoms with E-state index in [1.807, 2.05) is 6.07 Å². The molecule has 0 radical (unpaired) electrons. The standard InChI is InChI=1S/C15H13N3O2/c1-10(19)18-13-4-2-3-5-15(13)20-14-7-6-11(9-16)8-12(14)17/h2-8H,17H2,1H3,(H,18,19). The van der Waals surface area contributed by atoms with Gasteiger partial charge in [-0.05, 0) is 30.3 Å². The van der Waals surface area contributed by atoms with Gasteiger partial charge in [-0.25, -0.2) is 0 Å². The van der Waals surface area contributed by atoms with E-state index in [0.29, 0.717) is 28.4 Å². The third kappa shape index (κ3) is 3.06. The molecule has 0 saturated carbocycles. The number of hydrogen-bond acceptors (Lipinski definition) is 4. The fourth-order valence-electron chi connectivity index (χ4n) is 1.68. The molecule has 0 bridgehead atoms. The van der Waals surface area contributed by atoms with Crippen LogP contribution in [0.15, 0.2) is 42.5 Å². The predicted molar refractivity (Wildman–Crippen MR) is 76.4 cm³/mol. The first-order valence-electron chi connectivity index (χ1n) is 5.94. The van der Waals surface area contributed by atoms with Crippen LogP contribution < -0.4 is 15.8 Å². The van der Waals surface area contributed by atoms with Crippen LogP contribution in [0.3, 0.4) is 0 Å². The van der Waals surface area contributed by atoms with Gasteiger partial charge in [0.05, 0.1) is 23.0 Å². The Labute approximate surface area is 116 Å². The molecule has 0 atom stereocenters. The summed E-state index contributed by atoms with van der Waals surface area (Å²) in [6, 6.07) is 13.8. The number of carbonyl (C=O) groups excluding carboxylic acids is 1. The zero-order chi connectivity index (χ0) is 14.5. The van der Waals surface area contributed by atoms with E-state index in [9.17, 15) is 4.79 Å². The average molecular weight is 267 g/mol. The van der Waals surface area contributed by atoms with Gasteiger partial charge in [-0.15, -0.1) is 0 Å². The van der Waals surface area contributed by atoms with Gasteiger partial charge < -0.3 is 15.8 Å². The van der Waals surface area contributed by atoms with Gasteiger partial charge in [-0.3, -0.25) is 4.79 Å². The van der Waals surface area contributed by atoms with Crippen molar-refractivity contribution in [3.63, 3.8) is 0 Å². The monoisotopic (exact) mass is 267 g/mol. The molecule has 0 aliphatic heterocycles. The molecule has 2 rings (SSSR count). The normalized spacial score (nSPS) is 9.60. The lowest BCUT2D eigenvalue weighted by Gasteiger charge is -2.12. The minimum Gasteiger partial charge on any atom is -0.453 e. The summed E-state index contributed by atoms with van der Waals surface area (Å²) in [5.74, 6) is 0.731. The molecular formula is C15H13N3O2. The molecule has 0 aromatic heterocycles. The number of rotatable bonds is 3. The van der Waals surface area contributed by atoms with E-state index >= 15 is 0 Å². The van der Waals surface area contributed by atoms with Crippen LogP contribution in [0.4, 0.5) is 11.4 Å². The number of benzene rings is 2. The number of hydrogen-bond donors (Lipinski definition) is 2. The Morgan fingerprint density at radius 1 is 1.25 bits per heavy atom. The minimum atomic E-state index is -0.186. The van der Waals surface area contributed by atoms with Gasteiger partial charge in [-0.2, -0.15) is 5.26 Å². The van der Waals surface area contributed by atoms with Gasteiger partial charge in [0.15, 0.2) is 11.5 Å². The number of nitrogens with one attached hydrogen (secondary N) is 1. The van der Waals surface area contributed by atoms with E-state index in [4.69, 9.17) is 15.7 Å². The molecule has 3 N–H and O–H groups in total. The molecule has 0 heterocycles. The lowest BCUT2D eigenvalue weighted by atomic mass is 10.2. The molecule has 0 aliphatic rings. The van der Waals surface area contributed by atoms with Crippen LogP contribution in [0.25, 0.3) is 0 Å². The zero-order valence-corrected chi connectivity index (χ0v) is 10.9. The molecular weight excluding hydrogens is 254 g/mol. The largest absolute Gasteiger partial charge is 0.453 e. The van der Waals surface area contributed by atoms with Crippen LogP contribution in [0, 0.1) is 11.3 Å². The van der Waals surface area contributed by atoms with Crippen molar-refractivity contribution >= 4 is 17.3 Å². The molecule has 20 heavy (non-hydrogen) atoms. The highest BCUT2D eigenvalue weighted by Crippen LogP contribution is 2.32. The second-order valence-corrected chi connectivity index (χ2v) is 4.14. The number of carbonyl (C=O) groups is 1. The van der Waals surface area contributed by atoms with Crippen LogP contribution in [-0.4, -0.2) is 5.91 Å². The number of ether oxygens (including phenoxy) is 1. The molecule has 100 valence electrons. The van der Waals surface area contributed by atoms with E-state index in [1.165, 1.54) is 13.0 Å². The molecule has 0 aliphatic carbocycles. The summed E-state index contributed by atoms with van der Waals surface area (Å²) in [7, 11) is 0. The first-order valence-corrected chi connectivity index (χ1v) is 5.94. The van der Waals surface area contributed by atoms with Crippen LogP contribution in [0.5, 0.6) is 11.5 Å². The van der Waals surface area contributed by atoms with Gasteiger partial charge in [0.25, 0.3) is 0 Å². The summed E-state index contributed by atoms with van der Waals surface area (Å²) >= 11 is 0. The fourth-order valence-corrected chi connectivity index (χ4v) is 1.68. The molecule has 5 heteroatoms. The number of nitrogen functional groups attached to an aromatic ring is 1. The SMILES string of the molecule is CC(=O)Nc1ccccc1Oc1ccc(C#N)cc1N. The third-order valence-corrected chi connectivity index (χ3v) is 2.56. The van der Waals surface area contributed by atoms with Crippen molar-refractivity contribution in [1.29, 1.82) is 5.26 Å². The Bertz CT molecular complexity index is 690. The van der Waals surface area contributed by atoms with Gasteiger partial charge >= 0.3 is 0 Å². The number of amides is 1. The summed E-state index contributed by atoms with van der Waals surface area (Å²) in [4.78, 5) is 11.1. The van der Waals surface area contributed by atoms with Crippen LogP contribution in [0.1, 0.15) is 12.5 Å². The van der Waals surface area contributed by atoms with E-state index in [1.54, 1.807) is 36.4 Å². The van der Waals surface area contributed by atoms with E-state index < -0.39 is 0 Å².